The van der Waals surface area contributed by atoms with Crippen LogP contribution in [0.1, 0.15) is 23.1 Å². The Morgan fingerprint density at radius 1 is 0.759 bits per heavy atom. The fraction of sp³-hybridized carbons (Fsp3) is 0.240. The fourth-order valence-electron chi connectivity index (χ4n) is 3.16. The molecular formula is C25H28N2O2. The van der Waals surface area contributed by atoms with Gasteiger partial charge in [-0.15, -0.1) is 0 Å². The second-order valence-electron chi connectivity index (χ2n) is 7.04. The minimum Gasteiger partial charge on any atom is -0.445 e. The van der Waals surface area contributed by atoms with Crippen molar-refractivity contribution in [3.05, 3.63) is 108 Å². The molecule has 2 N–H and O–H groups in total. The third-order valence-electron chi connectivity index (χ3n) is 4.70. The van der Waals surface area contributed by atoms with Crippen molar-refractivity contribution in [2.45, 2.75) is 32.0 Å². The summed E-state index contributed by atoms with van der Waals surface area (Å²) in [6.07, 6.45) is 1.22. The first-order chi connectivity index (χ1) is 14.3. The number of nitrogens with one attached hydrogen (secondary N) is 2. The number of hydrogen-bond acceptors (Lipinski definition) is 3. The van der Waals surface area contributed by atoms with E-state index >= 15 is 0 Å². The maximum atomic E-state index is 12.3. The molecule has 4 heteroatoms. The van der Waals surface area contributed by atoms with Gasteiger partial charge in [-0.3, -0.25) is 0 Å². The molecule has 3 aromatic rings. The van der Waals surface area contributed by atoms with Crippen LogP contribution in [0.15, 0.2) is 91.0 Å². The molecule has 0 radical (unpaired) electrons. The minimum atomic E-state index is -0.377. The van der Waals surface area contributed by atoms with Gasteiger partial charge in [-0.25, -0.2) is 4.79 Å². The van der Waals surface area contributed by atoms with E-state index in [0.717, 1.165) is 31.5 Å². The van der Waals surface area contributed by atoms with E-state index in [1.165, 1.54) is 11.1 Å². The normalized spacial score (nSPS) is 11.6. The predicted octanol–water partition coefficient (Wildman–Crippen LogP) is 4.70. The summed E-state index contributed by atoms with van der Waals surface area (Å²) >= 11 is 0. The number of carbonyl (C=O) groups excluding carboxylic acids is 1. The Hall–Kier alpha value is -3.11. The van der Waals surface area contributed by atoms with Crippen LogP contribution >= 0.6 is 0 Å². The lowest BCUT2D eigenvalue weighted by Crippen LogP contribution is -2.38. The fourth-order valence-corrected chi connectivity index (χ4v) is 3.16. The van der Waals surface area contributed by atoms with Gasteiger partial charge in [-0.2, -0.15) is 0 Å². The topological polar surface area (TPSA) is 50.4 Å². The van der Waals surface area contributed by atoms with Gasteiger partial charge in [0.2, 0.25) is 0 Å². The van der Waals surface area contributed by atoms with Crippen LogP contribution in [0.25, 0.3) is 0 Å². The van der Waals surface area contributed by atoms with Gasteiger partial charge in [0.05, 0.1) is 0 Å². The third-order valence-corrected chi connectivity index (χ3v) is 4.70. The Morgan fingerprint density at radius 3 is 1.93 bits per heavy atom. The van der Waals surface area contributed by atoms with Crippen LogP contribution in [-0.2, 0) is 24.3 Å². The van der Waals surface area contributed by atoms with E-state index in [2.05, 4.69) is 34.9 Å². The van der Waals surface area contributed by atoms with E-state index in [4.69, 9.17) is 4.74 Å². The average Bonchev–Trinajstić information content (AvgIpc) is 2.77. The lowest BCUT2D eigenvalue weighted by Gasteiger charge is -2.19. The summed E-state index contributed by atoms with van der Waals surface area (Å²) in [6, 6.07) is 30.2. The molecule has 0 spiro atoms. The van der Waals surface area contributed by atoms with Gasteiger partial charge in [0.1, 0.15) is 6.61 Å². The second-order valence-corrected chi connectivity index (χ2v) is 7.04. The first kappa shape index (κ1) is 20.6. The molecule has 0 aliphatic heterocycles. The quantitative estimate of drug-likeness (QED) is 0.495. The van der Waals surface area contributed by atoms with Crippen LogP contribution in [0, 0.1) is 0 Å². The minimum absolute atomic E-state index is 0.00365. The molecule has 0 aliphatic carbocycles. The first-order valence-electron chi connectivity index (χ1n) is 10.1. The van der Waals surface area contributed by atoms with Gasteiger partial charge in [0, 0.05) is 12.6 Å². The summed E-state index contributed by atoms with van der Waals surface area (Å²) < 4.78 is 5.40. The van der Waals surface area contributed by atoms with Crippen LogP contribution < -0.4 is 10.6 Å². The van der Waals surface area contributed by atoms with E-state index in [9.17, 15) is 4.79 Å². The van der Waals surface area contributed by atoms with Crippen LogP contribution in [0.3, 0.4) is 0 Å². The average molecular weight is 389 g/mol. The van der Waals surface area contributed by atoms with Crippen molar-refractivity contribution >= 4 is 6.09 Å². The molecule has 0 saturated carbocycles. The van der Waals surface area contributed by atoms with Gasteiger partial charge in [0.15, 0.2) is 0 Å². The highest BCUT2D eigenvalue weighted by molar-refractivity contribution is 5.67. The number of ether oxygens (including phenoxy) is 1. The molecule has 0 aliphatic rings. The lowest BCUT2D eigenvalue weighted by atomic mass is 10.0. The Labute approximate surface area is 172 Å². The highest BCUT2D eigenvalue weighted by Crippen LogP contribution is 2.07. The van der Waals surface area contributed by atoms with Gasteiger partial charge < -0.3 is 15.4 Å². The molecule has 0 bridgehead atoms. The summed E-state index contributed by atoms with van der Waals surface area (Å²) in [6.45, 7) is 1.90. The van der Waals surface area contributed by atoms with Gasteiger partial charge in [-0.05, 0) is 36.1 Å². The van der Waals surface area contributed by atoms with E-state index < -0.39 is 0 Å². The molecule has 4 nitrogen and oxygen atoms in total. The third kappa shape index (κ3) is 7.80. The zero-order chi connectivity index (χ0) is 20.2. The summed E-state index contributed by atoms with van der Waals surface area (Å²) in [5.74, 6) is 0. The van der Waals surface area contributed by atoms with Crippen molar-refractivity contribution < 1.29 is 9.53 Å². The van der Waals surface area contributed by atoms with Crippen molar-refractivity contribution in [3.8, 4) is 0 Å². The van der Waals surface area contributed by atoms with Crippen molar-refractivity contribution in [2.24, 2.45) is 0 Å². The summed E-state index contributed by atoms with van der Waals surface area (Å²) in [4.78, 5) is 12.3. The van der Waals surface area contributed by atoms with E-state index in [0.29, 0.717) is 0 Å². The molecule has 150 valence electrons. The van der Waals surface area contributed by atoms with Gasteiger partial charge >= 0.3 is 6.09 Å². The number of amides is 1. The monoisotopic (exact) mass is 388 g/mol. The Balaban J connectivity index is 1.49. The van der Waals surface area contributed by atoms with Crippen molar-refractivity contribution in [1.82, 2.24) is 10.6 Å². The van der Waals surface area contributed by atoms with E-state index in [-0.39, 0.29) is 18.7 Å². The number of hydrogen-bond donors (Lipinski definition) is 2. The summed E-state index contributed by atoms with van der Waals surface area (Å²) in [5, 5.41) is 6.49. The standard InChI is InChI=1S/C25H28N2O2/c28-25(29-20-23-14-8-3-9-15-23)27-24(18-21-10-4-1-5-11-21)16-17-26-19-22-12-6-2-7-13-22/h1-15,24,26H,16-20H2,(H,27,28)/t24-/m1/s1. The van der Waals surface area contributed by atoms with Crippen molar-refractivity contribution in [3.63, 3.8) is 0 Å². The molecule has 0 fully saturated rings. The van der Waals surface area contributed by atoms with E-state index in [1.807, 2.05) is 66.7 Å². The van der Waals surface area contributed by atoms with E-state index in [1.54, 1.807) is 0 Å². The zero-order valence-electron chi connectivity index (χ0n) is 16.6. The largest absolute Gasteiger partial charge is 0.445 e. The number of benzene rings is 3. The molecule has 0 heterocycles. The lowest BCUT2D eigenvalue weighted by molar-refractivity contribution is 0.135. The Kier molecular flexibility index (Phi) is 8.30. The molecule has 3 aromatic carbocycles. The summed E-state index contributed by atoms with van der Waals surface area (Å²) in [5.41, 5.74) is 3.43. The van der Waals surface area contributed by atoms with Crippen LogP contribution in [0.4, 0.5) is 4.79 Å². The van der Waals surface area contributed by atoms with Crippen LogP contribution in [0.5, 0.6) is 0 Å². The summed E-state index contributed by atoms with van der Waals surface area (Å²) in [7, 11) is 0. The Morgan fingerprint density at radius 2 is 1.31 bits per heavy atom. The van der Waals surface area contributed by atoms with Gasteiger partial charge in [-0.1, -0.05) is 91.0 Å². The molecule has 1 amide bonds. The van der Waals surface area contributed by atoms with Crippen LogP contribution in [0.2, 0.25) is 0 Å². The number of alkyl carbamates (subject to hydrolysis) is 1. The molecule has 29 heavy (non-hydrogen) atoms. The Bertz CT molecular complexity index is 838. The van der Waals surface area contributed by atoms with Crippen LogP contribution in [-0.4, -0.2) is 18.7 Å². The second kappa shape index (κ2) is 11.7. The smallest absolute Gasteiger partial charge is 0.407 e. The molecule has 1 atom stereocenters. The van der Waals surface area contributed by atoms with Crippen molar-refractivity contribution in [1.29, 1.82) is 0 Å². The van der Waals surface area contributed by atoms with Gasteiger partial charge in [0.25, 0.3) is 0 Å². The molecule has 0 unspecified atom stereocenters. The predicted molar refractivity (Wildman–Crippen MR) is 116 cm³/mol. The molecule has 3 rings (SSSR count). The maximum absolute atomic E-state index is 12.3. The number of carbonyl (C=O) groups is 1. The highest BCUT2D eigenvalue weighted by atomic mass is 16.5. The molecule has 0 saturated heterocycles. The first-order valence-corrected chi connectivity index (χ1v) is 10.1. The molecule has 0 aromatic heterocycles. The van der Waals surface area contributed by atoms with Crippen molar-refractivity contribution in [2.75, 3.05) is 6.54 Å². The molecular weight excluding hydrogens is 360 g/mol. The maximum Gasteiger partial charge on any atom is 0.407 e. The zero-order valence-corrected chi connectivity index (χ0v) is 16.6. The highest BCUT2D eigenvalue weighted by Gasteiger charge is 2.14. The number of rotatable bonds is 10. The SMILES string of the molecule is O=C(N[C@H](CCNCc1ccccc1)Cc1ccccc1)OCc1ccccc1.